The molecule has 0 aliphatic carbocycles. The molecule has 5 heteroatoms. The van der Waals surface area contributed by atoms with E-state index < -0.39 is 15.0 Å². The van der Waals surface area contributed by atoms with Gasteiger partial charge in [0.05, 0.1) is 7.11 Å². The first-order chi connectivity index (χ1) is 6.51. The molecule has 1 aromatic rings. The molecular weight excluding hydrogens is 224 g/mol. The van der Waals surface area contributed by atoms with Crippen LogP contribution in [0, 0.1) is 6.92 Å². The second-order valence-corrected chi connectivity index (χ2v) is 5.42. The summed E-state index contributed by atoms with van der Waals surface area (Å²) in [6.07, 6.45) is 0. The van der Waals surface area contributed by atoms with Gasteiger partial charge >= 0.3 is 0 Å². The van der Waals surface area contributed by atoms with Gasteiger partial charge in [-0.05, 0) is 24.6 Å². The van der Waals surface area contributed by atoms with Crippen LogP contribution in [0.5, 0.6) is 5.75 Å². The van der Waals surface area contributed by atoms with Crippen LogP contribution >= 0.6 is 11.6 Å². The Morgan fingerprint density at radius 2 is 2.07 bits per heavy atom. The number of aryl methyl sites for hydroxylation is 1. The number of methoxy groups -OCH3 is 1. The molecule has 0 amide bonds. The van der Waals surface area contributed by atoms with E-state index in [9.17, 15) is 8.42 Å². The Morgan fingerprint density at radius 3 is 2.57 bits per heavy atom. The van der Waals surface area contributed by atoms with Crippen molar-refractivity contribution in [3.05, 3.63) is 23.8 Å². The molecule has 1 aromatic carbocycles. The van der Waals surface area contributed by atoms with E-state index in [-0.39, 0.29) is 4.90 Å². The van der Waals surface area contributed by atoms with Gasteiger partial charge in [-0.25, -0.2) is 8.42 Å². The lowest BCUT2D eigenvalue weighted by atomic mass is 10.2. The molecule has 0 bridgehead atoms. The van der Waals surface area contributed by atoms with Gasteiger partial charge in [-0.1, -0.05) is 6.07 Å². The van der Waals surface area contributed by atoms with Crippen LogP contribution in [0.25, 0.3) is 0 Å². The molecule has 0 aliphatic rings. The van der Waals surface area contributed by atoms with Crippen LogP contribution in [0.2, 0.25) is 0 Å². The van der Waals surface area contributed by atoms with Gasteiger partial charge in [-0.3, -0.25) is 0 Å². The van der Waals surface area contributed by atoms with Crippen LogP contribution in [0.1, 0.15) is 5.56 Å². The Hall–Kier alpha value is -0.740. The van der Waals surface area contributed by atoms with Gasteiger partial charge in [0.2, 0.25) is 0 Å². The number of hydrogen-bond donors (Lipinski definition) is 0. The highest BCUT2D eigenvalue weighted by Crippen LogP contribution is 2.26. The molecule has 78 valence electrons. The predicted molar refractivity (Wildman–Crippen MR) is 55.6 cm³/mol. The normalized spacial score (nSPS) is 11.4. The van der Waals surface area contributed by atoms with Crippen molar-refractivity contribution in [2.75, 3.05) is 12.3 Å². The summed E-state index contributed by atoms with van der Waals surface area (Å²) in [4.78, 5) is 0.148. The van der Waals surface area contributed by atoms with E-state index >= 15 is 0 Å². The van der Waals surface area contributed by atoms with Crippen LogP contribution in [-0.2, 0) is 9.84 Å². The third kappa shape index (κ3) is 2.19. The molecular formula is C9H11ClO3S. The van der Waals surface area contributed by atoms with Crippen molar-refractivity contribution in [2.24, 2.45) is 0 Å². The Morgan fingerprint density at radius 1 is 1.43 bits per heavy atom. The highest BCUT2D eigenvalue weighted by atomic mass is 35.5. The summed E-state index contributed by atoms with van der Waals surface area (Å²) in [6.45, 7) is 1.81. The Balaban J connectivity index is 3.39. The van der Waals surface area contributed by atoms with Crippen LogP contribution in [0.15, 0.2) is 23.1 Å². The number of hydrogen-bond acceptors (Lipinski definition) is 3. The summed E-state index contributed by atoms with van der Waals surface area (Å²) in [5.41, 5.74) is 0.856. The van der Waals surface area contributed by atoms with Crippen molar-refractivity contribution in [3.63, 3.8) is 0 Å². The fraction of sp³-hybridized carbons (Fsp3) is 0.333. The first kappa shape index (κ1) is 11.3. The minimum absolute atomic E-state index is 0.148. The molecule has 3 nitrogen and oxygen atoms in total. The fourth-order valence-corrected chi connectivity index (χ4v) is 2.38. The summed E-state index contributed by atoms with van der Waals surface area (Å²) in [6, 6.07) is 4.96. The van der Waals surface area contributed by atoms with Gasteiger partial charge in [0, 0.05) is 0 Å². The van der Waals surface area contributed by atoms with Gasteiger partial charge in [0.25, 0.3) is 0 Å². The summed E-state index contributed by atoms with van der Waals surface area (Å²) in [5.74, 6) is 0.330. The van der Waals surface area contributed by atoms with E-state index in [4.69, 9.17) is 16.3 Å². The predicted octanol–water partition coefficient (Wildman–Crippen LogP) is 1.97. The molecule has 0 heterocycles. The van der Waals surface area contributed by atoms with Crippen molar-refractivity contribution in [2.45, 2.75) is 11.8 Å². The quantitative estimate of drug-likeness (QED) is 0.751. The van der Waals surface area contributed by atoms with Gasteiger partial charge in [0.1, 0.15) is 15.9 Å². The molecule has 0 fully saturated rings. The molecule has 0 aromatic heterocycles. The van der Waals surface area contributed by atoms with Crippen molar-refractivity contribution < 1.29 is 13.2 Å². The van der Waals surface area contributed by atoms with Crippen LogP contribution in [0.4, 0.5) is 0 Å². The zero-order chi connectivity index (χ0) is 10.8. The average molecular weight is 235 g/mol. The van der Waals surface area contributed by atoms with Crippen LogP contribution < -0.4 is 4.74 Å². The third-order valence-corrected chi connectivity index (χ3v) is 3.94. The molecule has 14 heavy (non-hydrogen) atoms. The third-order valence-electron chi connectivity index (χ3n) is 1.80. The Bertz CT molecular complexity index is 426. The monoisotopic (exact) mass is 234 g/mol. The zero-order valence-electron chi connectivity index (χ0n) is 7.95. The molecule has 0 spiro atoms. The van der Waals surface area contributed by atoms with Gasteiger partial charge < -0.3 is 4.74 Å². The maximum absolute atomic E-state index is 11.5. The second-order valence-electron chi connectivity index (χ2n) is 2.88. The van der Waals surface area contributed by atoms with Gasteiger partial charge in [-0.2, -0.15) is 0 Å². The first-order valence-electron chi connectivity index (χ1n) is 3.94. The van der Waals surface area contributed by atoms with E-state index in [0.29, 0.717) is 5.75 Å². The van der Waals surface area contributed by atoms with Gasteiger partial charge in [0.15, 0.2) is 9.84 Å². The van der Waals surface area contributed by atoms with E-state index in [1.807, 2.05) is 6.92 Å². The fourth-order valence-electron chi connectivity index (χ4n) is 1.09. The molecule has 0 unspecified atom stereocenters. The smallest absolute Gasteiger partial charge is 0.195 e. The number of rotatable bonds is 3. The molecule has 0 saturated heterocycles. The molecule has 0 N–H and O–H groups in total. The minimum Gasteiger partial charge on any atom is -0.495 e. The van der Waals surface area contributed by atoms with E-state index in [2.05, 4.69) is 0 Å². The summed E-state index contributed by atoms with van der Waals surface area (Å²) in [5, 5.41) is -0.438. The van der Waals surface area contributed by atoms with E-state index in [0.717, 1.165) is 5.56 Å². The molecule has 0 atom stereocenters. The number of alkyl halides is 1. The second kappa shape index (κ2) is 4.19. The Kier molecular flexibility index (Phi) is 3.39. The maximum atomic E-state index is 11.5. The van der Waals surface area contributed by atoms with Crippen LogP contribution in [-0.4, -0.2) is 20.7 Å². The van der Waals surface area contributed by atoms with E-state index in [1.54, 1.807) is 18.2 Å². The molecule has 1 rings (SSSR count). The molecule has 0 radical (unpaired) electrons. The number of benzene rings is 1. The lowest BCUT2D eigenvalue weighted by molar-refractivity contribution is 0.402. The van der Waals surface area contributed by atoms with E-state index in [1.165, 1.54) is 7.11 Å². The highest BCUT2D eigenvalue weighted by molar-refractivity contribution is 7.92. The standard InChI is InChI=1S/C9H11ClO3S/c1-7-3-4-8(13-2)9(5-7)14(11,12)6-10/h3-5H,6H2,1-2H3. The highest BCUT2D eigenvalue weighted by Gasteiger charge is 2.18. The number of sulfone groups is 1. The van der Waals surface area contributed by atoms with Crippen molar-refractivity contribution in [3.8, 4) is 5.75 Å². The lowest BCUT2D eigenvalue weighted by Gasteiger charge is -2.08. The van der Waals surface area contributed by atoms with Crippen molar-refractivity contribution in [1.82, 2.24) is 0 Å². The summed E-state index contributed by atoms with van der Waals surface area (Å²) >= 11 is 5.37. The molecule has 0 saturated carbocycles. The number of ether oxygens (including phenoxy) is 1. The maximum Gasteiger partial charge on any atom is 0.195 e. The zero-order valence-corrected chi connectivity index (χ0v) is 9.52. The number of halogens is 1. The topological polar surface area (TPSA) is 43.4 Å². The average Bonchev–Trinajstić information content (AvgIpc) is 2.18. The summed E-state index contributed by atoms with van der Waals surface area (Å²) in [7, 11) is -1.99. The van der Waals surface area contributed by atoms with Crippen LogP contribution in [0.3, 0.4) is 0 Å². The SMILES string of the molecule is COc1ccc(C)cc1S(=O)(=O)CCl. The Labute approximate surface area is 88.6 Å². The lowest BCUT2D eigenvalue weighted by Crippen LogP contribution is -2.04. The van der Waals surface area contributed by atoms with Crippen molar-refractivity contribution in [1.29, 1.82) is 0 Å². The molecule has 0 aliphatic heterocycles. The van der Waals surface area contributed by atoms with Gasteiger partial charge in [-0.15, -0.1) is 11.6 Å². The van der Waals surface area contributed by atoms with Crippen molar-refractivity contribution >= 4 is 21.4 Å². The largest absolute Gasteiger partial charge is 0.495 e. The minimum atomic E-state index is -3.42. The first-order valence-corrected chi connectivity index (χ1v) is 6.13. The summed E-state index contributed by atoms with van der Waals surface area (Å²) < 4.78 is 28.0.